The first-order valence-electron chi connectivity index (χ1n) is 5.26. The zero-order chi connectivity index (χ0) is 13.3. The first-order chi connectivity index (χ1) is 8.41. The van der Waals surface area contributed by atoms with Crippen LogP contribution in [0.1, 0.15) is 11.3 Å². The molecule has 0 aliphatic heterocycles. The Labute approximate surface area is 105 Å². The Morgan fingerprint density at radius 1 is 1.39 bits per heavy atom. The van der Waals surface area contributed by atoms with Crippen LogP contribution in [0.25, 0.3) is 0 Å². The van der Waals surface area contributed by atoms with Crippen LogP contribution in [0, 0.1) is 6.92 Å². The van der Waals surface area contributed by atoms with E-state index < -0.39 is 10.0 Å². The molecule has 0 amide bonds. The predicted molar refractivity (Wildman–Crippen MR) is 63.4 cm³/mol. The van der Waals surface area contributed by atoms with Gasteiger partial charge in [-0.1, -0.05) is 5.16 Å². The van der Waals surface area contributed by atoms with Crippen molar-refractivity contribution in [2.75, 3.05) is 14.1 Å². The molecule has 0 bridgehead atoms. The minimum atomic E-state index is -3.43. The first kappa shape index (κ1) is 12.8. The van der Waals surface area contributed by atoms with Gasteiger partial charge in [-0.05, 0) is 6.92 Å². The predicted octanol–water partition coefficient (Wildman–Crippen LogP) is 0.478. The second kappa shape index (κ2) is 4.54. The molecule has 0 aromatic carbocycles. The van der Waals surface area contributed by atoms with Crippen LogP contribution in [0.3, 0.4) is 0 Å². The van der Waals surface area contributed by atoms with Crippen molar-refractivity contribution in [3.63, 3.8) is 0 Å². The summed E-state index contributed by atoms with van der Waals surface area (Å²) in [5.41, 5.74) is 0.868. The Bertz CT molecular complexity index is 642. The second-order valence-electron chi connectivity index (χ2n) is 4.07. The fourth-order valence-corrected chi connectivity index (χ4v) is 2.28. The maximum absolute atomic E-state index is 11.9. The first-order valence-corrected chi connectivity index (χ1v) is 6.70. The van der Waals surface area contributed by atoms with Gasteiger partial charge < -0.3 is 4.52 Å². The average Bonchev–Trinajstić information content (AvgIpc) is 2.90. The van der Waals surface area contributed by atoms with Gasteiger partial charge in [0.2, 0.25) is 10.0 Å². The number of nitrogens with zero attached hydrogens (tertiary/aromatic N) is 4. The van der Waals surface area contributed by atoms with Gasteiger partial charge in [-0.2, -0.15) is 5.10 Å². The zero-order valence-electron chi connectivity index (χ0n) is 10.4. The molecule has 0 saturated carbocycles. The molecule has 2 heterocycles. The Morgan fingerprint density at radius 3 is 2.67 bits per heavy atom. The van der Waals surface area contributed by atoms with Gasteiger partial charge in [-0.25, -0.2) is 12.7 Å². The van der Waals surface area contributed by atoms with E-state index in [0.29, 0.717) is 12.3 Å². The Hall–Kier alpha value is -1.67. The van der Waals surface area contributed by atoms with E-state index in [1.165, 1.54) is 31.2 Å². The van der Waals surface area contributed by atoms with Crippen molar-refractivity contribution in [2.45, 2.75) is 18.4 Å². The van der Waals surface area contributed by atoms with Crippen molar-refractivity contribution in [3.05, 3.63) is 29.9 Å². The fraction of sp³-hybridized carbons (Fsp3) is 0.400. The highest BCUT2D eigenvalue weighted by molar-refractivity contribution is 7.89. The van der Waals surface area contributed by atoms with Gasteiger partial charge >= 0.3 is 0 Å². The Balaban J connectivity index is 2.25. The highest BCUT2D eigenvalue weighted by atomic mass is 32.2. The number of rotatable bonds is 4. The van der Waals surface area contributed by atoms with Gasteiger partial charge in [0.25, 0.3) is 0 Å². The normalized spacial score (nSPS) is 12.2. The lowest BCUT2D eigenvalue weighted by atomic mass is 10.3. The molecule has 8 heteroatoms. The van der Waals surface area contributed by atoms with Crippen molar-refractivity contribution in [2.24, 2.45) is 0 Å². The summed E-state index contributed by atoms with van der Waals surface area (Å²) in [7, 11) is -0.468. The third-order valence-electron chi connectivity index (χ3n) is 2.57. The third-order valence-corrected chi connectivity index (χ3v) is 4.34. The number of sulfonamides is 1. The average molecular weight is 270 g/mol. The van der Waals surface area contributed by atoms with Crippen LogP contribution >= 0.6 is 0 Å². The second-order valence-corrected chi connectivity index (χ2v) is 6.22. The van der Waals surface area contributed by atoms with Gasteiger partial charge in [-0.3, -0.25) is 4.68 Å². The molecule has 18 heavy (non-hydrogen) atoms. The lowest BCUT2D eigenvalue weighted by molar-refractivity contribution is 0.395. The van der Waals surface area contributed by atoms with Gasteiger partial charge in [0, 0.05) is 25.9 Å². The lowest BCUT2D eigenvalue weighted by Gasteiger charge is -2.08. The summed E-state index contributed by atoms with van der Waals surface area (Å²) >= 11 is 0. The van der Waals surface area contributed by atoms with Crippen molar-refractivity contribution >= 4 is 10.0 Å². The summed E-state index contributed by atoms with van der Waals surface area (Å²) in [4.78, 5) is 0.168. The largest absolute Gasteiger partial charge is 0.361 e. The Morgan fingerprint density at radius 2 is 2.11 bits per heavy atom. The van der Waals surface area contributed by atoms with Gasteiger partial charge in [0.15, 0.2) is 0 Å². The minimum absolute atomic E-state index is 0.168. The van der Waals surface area contributed by atoms with E-state index in [2.05, 4.69) is 10.3 Å². The zero-order valence-corrected chi connectivity index (χ0v) is 11.2. The summed E-state index contributed by atoms with van der Waals surface area (Å²) in [6.07, 6.45) is 4.41. The molecule has 0 saturated heterocycles. The van der Waals surface area contributed by atoms with E-state index in [4.69, 9.17) is 4.52 Å². The SMILES string of the molecule is Cc1oncc1Cn1cc(S(=O)(=O)N(C)C)cn1. The number of aromatic nitrogens is 3. The number of aryl methyl sites for hydroxylation is 1. The van der Waals surface area contributed by atoms with Crippen LogP contribution in [0.15, 0.2) is 28.0 Å². The fourth-order valence-electron chi connectivity index (χ4n) is 1.42. The molecule has 2 aromatic heterocycles. The smallest absolute Gasteiger partial charge is 0.245 e. The van der Waals surface area contributed by atoms with Crippen LogP contribution in [0.2, 0.25) is 0 Å². The maximum atomic E-state index is 11.9. The van der Waals surface area contributed by atoms with Gasteiger partial charge in [0.05, 0.1) is 18.9 Å². The molecule has 0 spiro atoms. The monoisotopic (exact) mass is 270 g/mol. The highest BCUT2D eigenvalue weighted by Crippen LogP contribution is 2.13. The molecule has 7 nitrogen and oxygen atoms in total. The van der Waals surface area contributed by atoms with Crippen molar-refractivity contribution < 1.29 is 12.9 Å². The molecule has 0 aliphatic carbocycles. The molecule has 2 rings (SSSR count). The van der Waals surface area contributed by atoms with E-state index in [1.807, 2.05) is 0 Å². The van der Waals surface area contributed by atoms with Crippen molar-refractivity contribution in [1.29, 1.82) is 0 Å². The Kier molecular flexibility index (Phi) is 3.22. The van der Waals surface area contributed by atoms with E-state index >= 15 is 0 Å². The quantitative estimate of drug-likeness (QED) is 0.807. The highest BCUT2D eigenvalue weighted by Gasteiger charge is 2.19. The van der Waals surface area contributed by atoms with Crippen LogP contribution in [0.4, 0.5) is 0 Å². The van der Waals surface area contributed by atoms with E-state index in [1.54, 1.807) is 13.1 Å². The van der Waals surface area contributed by atoms with Gasteiger partial charge in [-0.15, -0.1) is 0 Å². The molecule has 0 atom stereocenters. The van der Waals surface area contributed by atoms with Crippen molar-refractivity contribution in [1.82, 2.24) is 19.2 Å². The van der Waals surface area contributed by atoms with E-state index in [-0.39, 0.29) is 4.90 Å². The van der Waals surface area contributed by atoms with Crippen LogP contribution in [0.5, 0.6) is 0 Å². The summed E-state index contributed by atoms with van der Waals surface area (Å²) < 4.78 is 31.3. The molecule has 0 aliphatic rings. The summed E-state index contributed by atoms with van der Waals surface area (Å²) in [6, 6.07) is 0. The topological polar surface area (TPSA) is 81.2 Å². The minimum Gasteiger partial charge on any atom is -0.361 e. The molecular formula is C10H14N4O3S. The molecule has 0 N–H and O–H groups in total. The summed E-state index contributed by atoms with van der Waals surface area (Å²) in [6.45, 7) is 2.22. The molecular weight excluding hydrogens is 256 g/mol. The van der Waals surface area contributed by atoms with E-state index in [9.17, 15) is 8.42 Å². The van der Waals surface area contributed by atoms with Crippen LogP contribution in [-0.2, 0) is 16.6 Å². The molecule has 98 valence electrons. The number of hydrogen-bond acceptors (Lipinski definition) is 5. The van der Waals surface area contributed by atoms with E-state index in [0.717, 1.165) is 9.87 Å². The summed E-state index contributed by atoms with van der Waals surface area (Å²) in [5, 5.41) is 7.68. The molecule has 2 aromatic rings. The standard InChI is InChI=1S/C10H14N4O3S/c1-8-9(4-12-17-8)6-14-7-10(5-11-14)18(15,16)13(2)3/h4-5,7H,6H2,1-3H3. The molecule has 0 fully saturated rings. The maximum Gasteiger partial charge on any atom is 0.245 e. The molecule has 0 radical (unpaired) electrons. The molecule has 0 unspecified atom stereocenters. The third kappa shape index (κ3) is 2.29. The van der Waals surface area contributed by atoms with Crippen molar-refractivity contribution in [3.8, 4) is 0 Å². The summed E-state index contributed by atoms with van der Waals surface area (Å²) in [5.74, 6) is 0.697. The van der Waals surface area contributed by atoms with Crippen LogP contribution < -0.4 is 0 Å². The lowest BCUT2D eigenvalue weighted by Crippen LogP contribution is -2.21. The van der Waals surface area contributed by atoms with Crippen LogP contribution in [-0.4, -0.2) is 41.8 Å². The number of hydrogen-bond donors (Lipinski definition) is 0. The van der Waals surface area contributed by atoms with Gasteiger partial charge in [0.1, 0.15) is 10.7 Å².